The van der Waals surface area contributed by atoms with Crippen molar-refractivity contribution < 1.29 is 14.4 Å². The number of hydrogen-bond acceptors (Lipinski definition) is 4. The third kappa shape index (κ3) is 3.51. The Morgan fingerprint density at radius 3 is 2.17 bits per heavy atom. The van der Waals surface area contributed by atoms with E-state index >= 15 is 0 Å². The van der Waals surface area contributed by atoms with Gasteiger partial charge in [-0.15, -0.1) is 0 Å². The van der Waals surface area contributed by atoms with Gasteiger partial charge in [-0.3, -0.25) is 14.4 Å². The number of fused-ring (bicyclic) bond motifs is 6. The predicted molar refractivity (Wildman–Crippen MR) is 161 cm³/mol. The highest BCUT2D eigenvalue weighted by Gasteiger charge is 2.70. The standard InChI is InChI=1S/C36H30N2O3/c1-21-13-16-25(17-14-21)34(40)32-31(33(39)24-9-5-4-6-10-24)36(27-11-7-8-12-28(27)37-35(36)41)30-20-23(3)26-19-22(2)15-18-29(26)38(30)32/h4-20,30-32H,1-3H3,(H,37,41)/t30-,31+,32-,36-/m0/s1. The second-order valence-corrected chi connectivity index (χ2v) is 11.5. The molecular weight excluding hydrogens is 508 g/mol. The monoisotopic (exact) mass is 538 g/mol. The number of anilines is 2. The number of carbonyl (C=O) groups excluding carboxylic acids is 3. The molecule has 202 valence electrons. The number of hydrogen-bond donors (Lipinski definition) is 1. The zero-order valence-electron chi connectivity index (χ0n) is 23.2. The van der Waals surface area contributed by atoms with Crippen LogP contribution in [0.4, 0.5) is 11.4 Å². The van der Waals surface area contributed by atoms with Crippen LogP contribution in [-0.4, -0.2) is 29.6 Å². The van der Waals surface area contributed by atoms with Crippen molar-refractivity contribution in [3.8, 4) is 0 Å². The molecule has 4 aromatic rings. The largest absolute Gasteiger partial charge is 0.352 e. The Kier molecular flexibility index (Phi) is 5.62. The molecule has 1 N–H and O–H groups in total. The van der Waals surface area contributed by atoms with E-state index in [2.05, 4.69) is 22.4 Å². The number of Topliss-reactive ketones (excluding diaryl/α,β-unsaturated/α-hetero) is 2. The van der Waals surface area contributed by atoms with Crippen LogP contribution in [-0.2, 0) is 10.2 Å². The number of nitrogens with zero attached hydrogens (tertiary/aromatic N) is 1. The molecule has 0 bridgehead atoms. The molecule has 5 nitrogen and oxygen atoms in total. The molecule has 4 atom stereocenters. The van der Waals surface area contributed by atoms with Gasteiger partial charge in [0.25, 0.3) is 0 Å². The lowest BCUT2D eigenvalue weighted by Gasteiger charge is -2.39. The van der Waals surface area contributed by atoms with Crippen LogP contribution in [0, 0.1) is 19.8 Å². The highest BCUT2D eigenvalue weighted by Crippen LogP contribution is 2.58. The van der Waals surface area contributed by atoms with E-state index in [4.69, 9.17) is 0 Å². The average Bonchev–Trinajstić information content (AvgIpc) is 3.45. The van der Waals surface area contributed by atoms with Crippen LogP contribution in [0.25, 0.3) is 5.57 Å². The lowest BCUT2D eigenvalue weighted by atomic mass is 9.64. The van der Waals surface area contributed by atoms with E-state index in [1.165, 1.54) is 0 Å². The Bertz CT molecular complexity index is 1770. The van der Waals surface area contributed by atoms with E-state index in [1.54, 1.807) is 12.1 Å². The summed E-state index contributed by atoms with van der Waals surface area (Å²) in [4.78, 5) is 46.0. The first kappa shape index (κ1) is 25.2. The van der Waals surface area contributed by atoms with Crippen molar-refractivity contribution in [2.24, 2.45) is 5.92 Å². The summed E-state index contributed by atoms with van der Waals surface area (Å²) >= 11 is 0. The molecule has 5 heteroatoms. The van der Waals surface area contributed by atoms with Crippen LogP contribution in [0.2, 0.25) is 0 Å². The fraction of sp³-hybridized carbons (Fsp3) is 0.194. The first-order valence-electron chi connectivity index (χ1n) is 14.0. The summed E-state index contributed by atoms with van der Waals surface area (Å²) in [6.07, 6.45) is 2.09. The van der Waals surface area contributed by atoms with Crippen molar-refractivity contribution in [1.29, 1.82) is 0 Å². The Labute approximate surface area is 239 Å². The minimum Gasteiger partial charge on any atom is -0.352 e. The maximum atomic E-state index is 14.8. The van der Waals surface area contributed by atoms with Gasteiger partial charge in [-0.25, -0.2) is 0 Å². The van der Waals surface area contributed by atoms with Crippen molar-refractivity contribution in [3.63, 3.8) is 0 Å². The summed E-state index contributed by atoms with van der Waals surface area (Å²) in [5, 5.41) is 3.10. The number of allylic oxidation sites excluding steroid dienone is 1. The number of para-hydroxylation sites is 1. The lowest BCUT2D eigenvalue weighted by Crippen LogP contribution is -2.51. The van der Waals surface area contributed by atoms with E-state index in [1.807, 2.05) is 99.6 Å². The first-order chi connectivity index (χ1) is 19.8. The van der Waals surface area contributed by atoms with Crippen LogP contribution in [0.15, 0.2) is 103 Å². The Morgan fingerprint density at radius 2 is 1.41 bits per heavy atom. The number of carbonyl (C=O) groups is 3. The number of amides is 1. The Morgan fingerprint density at radius 1 is 0.756 bits per heavy atom. The molecular formula is C36H30N2O3. The van der Waals surface area contributed by atoms with Crippen molar-refractivity contribution in [3.05, 3.63) is 137 Å². The van der Waals surface area contributed by atoms with Crippen LogP contribution >= 0.6 is 0 Å². The highest BCUT2D eigenvalue weighted by molar-refractivity contribution is 6.18. The normalized spacial score (nSPS) is 23.9. The third-order valence-electron chi connectivity index (χ3n) is 9.08. The van der Waals surface area contributed by atoms with Gasteiger partial charge in [0.05, 0.1) is 12.0 Å². The molecule has 0 aliphatic carbocycles. The number of aryl methyl sites for hydroxylation is 2. The number of rotatable bonds is 4. The fourth-order valence-electron chi connectivity index (χ4n) is 7.22. The van der Waals surface area contributed by atoms with Gasteiger partial charge in [-0.05, 0) is 50.1 Å². The number of benzene rings is 4. The molecule has 3 aliphatic heterocycles. The van der Waals surface area contributed by atoms with Gasteiger partial charge in [-0.1, -0.05) is 96.1 Å². The summed E-state index contributed by atoms with van der Waals surface area (Å²) in [5.74, 6) is -1.60. The summed E-state index contributed by atoms with van der Waals surface area (Å²) < 4.78 is 0. The fourth-order valence-corrected chi connectivity index (χ4v) is 7.22. The molecule has 1 spiro atoms. The van der Waals surface area contributed by atoms with Crippen LogP contribution in [0.1, 0.15) is 49.9 Å². The summed E-state index contributed by atoms with van der Waals surface area (Å²) in [5.41, 5.74) is 6.19. The molecule has 1 fully saturated rings. The van der Waals surface area contributed by atoms with Crippen molar-refractivity contribution in [1.82, 2.24) is 0 Å². The van der Waals surface area contributed by atoms with E-state index in [9.17, 15) is 14.4 Å². The number of ketones is 2. The molecule has 3 heterocycles. The maximum absolute atomic E-state index is 14.8. The molecule has 0 radical (unpaired) electrons. The Balaban J connectivity index is 1.56. The van der Waals surface area contributed by atoms with Crippen molar-refractivity contribution in [2.75, 3.05) is 10.2 Å². The zero-order chi connectivity index (χ0) is 28.5. The smallest absolute Gasteiger partial charge is 0.238 e. The summed E-state index contributed by atoms with van der Waals surface area (Å²) in [6.45, 7) is 6.07. The zero-order valence-corrected chi connectivity index (χ0v) is 23.2. The van der Waals surface area contributed by atoms with Gasteiger partial charge in [0, 0.05) is 28.1 Å². The van der Waals surface area contributed by atoms with Crippen LogP contribution < -0.4 is 10.2 Å². The highest BCUT2D eigenvalue weighted by atomic mass is 16.2. The Hall–Kier alpha value is -4.77. The summed E-state index contributed by atoms with van der Waals surface area (Å²) in [6, 6.07) is 28.9. The molecule has 1 saturated heterocycles. The molecule has 0 saturated carbocycles. The minimum absolute atomic E-state index is 0.169. The quantitative estimate of drug-likeness (QED) is 0.299. The van der Waals surface area contributed by atoms with Crippen molar-refractivity contribution in [2.45, 2.75) is 38.3 Å². The molecule has 0 aromatic heterocycles. The average molecular weight is 539 g/mol. The van der Waals surface area contributed by atoms with E-state index in [-0.39, 0.29) is 17.5 Å². The van der Waals surface area contributed by atoms with Gasteiger partial charge in [0.2, 0.25) is 5.91 Å². The van der Waals surface area contributed by atoms with E-state index in [0.717, 1.165) is 33.5 Å². The second-order valence-electron chi connectivity index (χ2n) is 11.5. The maximum Gasteiger partial charge on any atom is 0.238 e. The number of nitrogens with one attached hydrogen (secondary N) is 1. The molecule has 4 aromatic carbocycles. The van der Waals surface area contributed by atoms with Gasteiger partial charge in [0.1, 0.15) is 11.5 Å². The van der Waals surface area contributed by atoms with Crippen LogP contribution in [0.5, 0.6) is 0 Å². The van der Waals surface area contributed by atoms with E-state index in [0.29, 0.717) is 16.8 Å². The predicted octanol–water partition coefficient (Wildman–Crippen LogP) is 6.55. The SMILES string of the molecule is CC1=C[C@@H]2N(c3ccc(C)cc31)[C@H](C(=O)c1ccc(C)cc1)[C@H](C(=O)c1ccccc1)[C@@]21C(=O)Nc2ccccc21. The second kappa shape index (κ2) is 9.13. The summed E-state index contributed by atoms with van der Waals surface area (Å²) in [7, 11) is 0. The molecule has 3 aliphatic rings. The van der Waals surface area contributed by atoms with Gasteiger partial charge >= 0.3 is 0 Å². The van der Waals surface area contributed by atoms with Gasteiger partial charge < -0.3 is 10.2 Å². The van der Waals surface area contributed by atoms with Gasteiger partial charge in [0.15, 0.2) is 11.6 Å². The molecule has 41 heavy (non-hydrogen) atoms. The third-order valence-corrected chi connectivity index (χ3v) is 9.08. The van der Waals surface area contributed by atoms with Crippen molar-refractivity contribution >= 4 is 34.4 Å². The minimum atomic E-state index is -1.31. The van der Waals surface area contributed by atoms with Crippen LogP contribution in [0.3, 0.4) is 0 Å². The van der Waals surface area contributed by atoms with Gasteiger partial charge in [-0.2, -0.15) is 0 Å². The van der Waals surface area contributed by atoms with E-state index < -0.39 is 23.4 Å². The first-order valence-corrected chi connectivity index (χ1v) is 14.0. The topological polar surface area (TPSA) is 66.5 Å². The molecule has 7 rings (SSSR count). The molecule has 1 amide bonds. The lowest BCUT2D eigenvalue weighted by molar-refractivity contribution is -0.121. The molecule has 0 unspecified atom stereocenters.